The predicted octanol–water partition coefficient (Wildman–Crippen LogP) is -0.277. The number of ether oxygens (including phenoxy) is 1. The van der Waals surface area contributed by atoms with E-state index >= 15 is 0 Å². The molecule has 0 saturated carbocycles. The van der Waals surface area contributed by atoms with Crippen molar-refractivity contribution in [2.75, 3.05) is 40.0 Å². The molecule has 0 aromatic carbocycles. The van der Waals surface area contributed by atoms with Gasteiger partial charge in [-0.2, -0.15) is 0 Å². The van der Waals surface area contributed by atoms with Gasteiger partial charge in [0.15, 0.2) is 0 Å². The Hall–Kier alpha value is -1.71. The number of aromatic nitrogens is 1. The molecule has 0 spiro atoms. The van der Waals surface area contributed by atoms with Crippen molar-refractivity contribution in [2.24, 2.45) is 5.92 Å². The van der Waals surface area contributed by atoms with Crippen LogP contribution in [-0.2, 0) is 10.0 Å². The molecule has 24 heavy (non-hydrogen) atoms. The van der Waals surface area contributed by atoms with Crippen LogP contribution in [0.15, 0.2) is 12.3 Å². The van der Waals surface area contributed by atoms with E-state index in [-0.39, 0.29) is 24.7 Å². The van der Waals surface area contributed by atoms with Crippen molar-refractivity contribution in [3.63, 3.8) is 0 Å². The van der Waals surface area contributed by atoms with Crippen molar-refractivity contribution < 1.29 is 23.1 Å². The standard InChI is InChI=1S/C15H23N3O5S/c1-10-5-12(14(23-4)6-16-10)15(20)18-7-11(13(19)8-18)9-24(21,22)17(2)3/h5-6,11,13,19H,7-9H2,1-4H3/t11-,13-/m0/s1. The Bertz CT molecular complexity index is 720. The van der Waals surface area contributed by atoms with E-state index in [1.165, 1.54) is 32.3 Å². The molecule has 9 heteroatoms. The number of rotatable bonds is 5. The van der Waals surface area contributed by atoms with E-state index in [2.05, 4.69) is 4.98 Å². The molecule has 1 aromatic heterocycles. The fourth-order valence-corrected chi connectivity index (χ4v) is 3.82. The summed E-state index contributed by atoms with van der Waals surface area (Å²) in [5, 5.41) is 10.2. The second-order valence-corrected chi connectivity index (χ2v) is 8.35. The predicted molar refractivity (Wildman–Crippen MR) is 88.4 cm³/mol. The summed E-state index contributed by atoms with van der Waals surface area (Å²) in [7, 11) is 0.903. The minimum absolute atomic E-state index is 0.0942. The minimum atomic E-state index is -3.45. The summed E-state index contributed by atoms with van der Waals surface area (Å²) < 4.78 is 30.3. The first-order valence-corrected chi connectivity index (χ1v) is 9.14. The van der Waals surface area contributed by atoms with Crippen LogP contribution < -0.4 is 4.74 Å². The second-order valence-electron chi connectivity index (χ2n) is 6.12. The maximum atomic E-state index is 12.7. The number of aliphatic hydroxyl groups excluding tert-OH is 1. The molecule has 0 radical (unpaired) electrons. The van der Waals surface area contributed by atoms with Crippen LogP contribution in [0.1, 0.15) is 16.1 Å². The Morgan fingerprint density at radius 2 is 2.12 bits per heavy atom. The number of aryl methyl sites for hydroxylation is 1. The van der Waals surface area contributed by atoms with Crippen LogP contribution in [0.25, 0.3) is 0 Å². The van der Waals surface area contributed by atoms with E-state index in [0.29, 0.717) is 17.0 Å². The number of carbonyl (C=O) groups is 1. The van der Waals surface area contributed by atoms with Gasteiger partial charge in [-0.1, -0.05) is 0 Å². The van der Waals surface area contributed by atoms with Crippen LogP contribution in [-0.4, -0.2) is 79.8 Å². The topological polar surface area (TPSA) is 100 Å². The number of sulfonamides is 1. The summed E-state index contributed by atoms with van der Waals surface area (Å²) in [6.07, 6.45) is 0.598. The lowest BCUT2D eigenvalue weighted by atomic mass is 10.1. The zero-order valence-corrected chi connectivity index (χ0v) is 15.1. The lowest BCUT2D eigenvalue weighted by Crippen LogP contribution is -2.33. The molecular formula is C15H23N3O5S. The number of nitrogens with zero attached hydrogens (tertiary/aromatic N) is 3. The Balaban J connectivity index is 2.18. The van der Waals surface area contributed by atoms with Crippen molar-refractivity contribution in [3.05, 3.63) is 23.5 Å². The zero-order valence-electron chi connectivity index (χ0n) is 14.3. The van der Waals surface area contributed by atoms with Crippen LogP contribution in [0.3, 0.4) is 0 Å². The van der Waals surface area contributed by atoms with Gasteiger partial charge in [0.1, 0.15) is 5.75 Å². The maximum Gasteiger partial charge on any atom is 0.257 e. The summed E-state index contributed by atoms with van der Waals surface area (Å²) in [5.41, 5.74) is 1.03. The molecule has 1 aliphatic rings. The molecule has 1 amide bonds. The molecule has 2 rings (SSSR count). The lowest BCUT2D eigenvalue weighted by molar-refractivity contribution is 0.0761. The van der Waals surface area contributed by atoms with Crippen molar-refractivity contribution in [2.45, 2.75) is 13.0 Å². The molecule has 2 heterocycles. The first-order valence-electron chi connectivity index (χ1n) is 7.54. The van der Waals surface area contributed by atoms with Gasteiger partial charge in [0.25, 0.3) is 5.91 Å². The van der Waals surface area contributed by atoms with Gasteiger partial charge >= 0.3 is 0 Å². The van der Waals surface area contributed by atoms with Gasteiger partial charge in [-0.05, 0) is 13.0 Å². The highest BCUT2D eigenvalue weighted by atomic mass is 32.2. The lowest BCUT2D eigenvalue weighted by Gasteiger charge is -2.19. The van der Waals surface area contributed by atoms with Gasteiger partial charge in [-0.3, -0.25) is 9.78 Å². The highest BCUT2D eigenvalue weighted by Gasteiger charge is 2.38. The highest BCUT2D eigenvalue weighted by molar-refractivity contribution is 7.89. The third kappa shape index (κ3) is 3.85. The van der Waals surface area contributed by atoms with E-state index in [4.69, 9.17) is 4.74 Å². The van der Waals surface area contributed by atoms with E-state index < -0.39 is 22.0 Å². The first kappa shape index (κ1) is 18.6. The fourth-order valence-electron chi connectivity index (χ4n) is 2.65. The summed E-state index contributed by atoms with van der Waals surface area (Å²) in [4.78, 5) is 18.3. The number of β-amino-alcohol motifs (C(OH)–C–C–N with tert-alkyl or cyclic N) is 1. The highest BCUT2D eigenvalue weighted by Crippen LogP contribution is 2.25. The van der Waals surface area contributed by atoms with Crippen molar-refractivity contribution in [1.82, 2.24) is 14.2 Å². The van der Waals surface area contributed by atoms with Crippen LogP contribution in [0.5, 0.6) is 5.75 Å². The van der Waals surface area contributed by atoms with Crippen molar-refractivity contribution in [3.8, 4) is 5.75 Å². The van der Waals surface area contributed by atoms with E-state index in [0.717, 1.165) is 4.31 Å². The van der Waals surface area contributed by atoms with Crippen LogP contribution in [0.4, 0.5) is 0 Å². The summed E-state index contributed by atoms with van der Waals surface area (Å²) in [6, 6.07) is 1.62. The Morgan fingerprint density at radius 3 is 2.71 bits per heavy atom. The van der Waals surface area contributed by atoms with Crippen molar-refractivity contribution >= 4 is 15.9 Å². The normalized spacial score (nSPS) is 21.3. The third-order valence-corrected chi connectivity index (χ3v) is 6.09. The number of aliphatic hydroxyl groups is 1. The molecule has 8 nitrogen and oxygen atoms in total. The Labute approximate surface area is 142 Å². The van der Waals surface area contributed by atoms with E-state index in [1.54, 1.807) is 13.0 Å². The first-order chi connectivity index (χ1) is 11.2. The molecular weight excluding hydrogens is 334 g/mol. The van der Waals surface area contributed by atoms with Gasteiger partial charge in [-0.25, -0.2) is 12.7 Å². The number of hydrogen-bond donors (Lipinski definition) is 1. The molecule has 0 unspecified atom stereocenters. The molecule has 1 N–H and O–H groups in total. The second kappa shape index (κ2) is 7.04. The number of amides is 1. The molecule has 1 aliphatic heterocycles. The average Bonchev–Trinajstić information content (AvgIpc) is 2.86. The molecule has 0 aliphatic carbocycles. The molecule has 1 aromatic rings. The monoisotopic (exact) mass is 357 g/mol. The van der Waals surface area contributed by atoms with Crippen molar-refractivity contribution in [1.29, 1.82) is 0 Å². The third-order valence-electron chi connectivity index (χ3n) is 4.13. The number of likely N-dealkylation sites (tertiary alicyclic amines) is 1. The number of pyridine rings is 1. The fraction of sp³-hybridized carbons (Fsp3) is 0.600. The minimum Gasteiger partial charge on any atom is -0.494 e. The molecule has 2 atom stereocenters. The van der Waals surface area contributed by atoms with Crippen LogP contribution in [0, 0.1) is 12.8 Å². The molecule has 0 bridgehead atoms. The maximum absolute atomic E-state index is 12.7. The van der Waals surface area contributed by atoms with E-state index in [9.17, 15) is 18.3 Å². The Morgan fingerprint density at radius 1 is 1.46 bits per heavy atom. The van der Waals surface area contributed by atoms with Gasteiger partial charge < -0.3 is 14.7 Å². The number of carbonyl (C=O) groups excluding carboxylic acids is 1. The number of hydrogen-bond acceptors (Lipinski definition) is 6. The largest absolute Gasteiger partial charge is 0.494 e. The van der Waals surface area contributed by atoms with Gasteiger partial charge in [-0.15, -0.1) is 0 Å². The Kier molecular flexibility index (Phi) is 5.46. The molecule has 134 valence electrons. The molecule has 1 fully saturated rings. The van der Waals surface area contributed by atoms with Gasteiger partial charge in [0.2, 0.25) is 10.0 Å². The zero-order chi connectivity index (χ0) is 18.1. The quantitative estimate of drug-likeness (QED) is 0.778. The summed E-state index contributed by atoms with van der Waals surface area (Å²) in [6.45, 7) is 2.04. The summed E-state index contributed by atoms with van der Waals surface area (Å²) in [5.74, 6) is -0.668. The summed E-state index contributed by atoms with van der Waals surface area (Å²) >= 11 is 0. The number of methoxy groups -OCH3 is 1. The average molecular weight is 357 g/mol. The van der Waals surface area contributed by atoms with Crippen LogP contribution >= 0.6 is 0 Å². The SMILES string of the molecule is COc1cnc(C)cc1C(=O)N1C[C@@H](CS(=O)(=O)N(C)C)[C@@H](O)C1. The van der Waals surface area contributed by atoms with Gasteiger partial charge in [0.05, 0.1) is 30.7 Å². The van der Waals surface area contributed by atoms with Gasteiger partial charge in [0, 0.05) is 38.8 Å². The van der Waals surface area contributed by atoms with Crippen LogP contribution in [0.2, 0.25) is 0 Å². The van der Waals surface area contributed by atoms with E-state index in [1.807, 2.05) is 0 Å². The molecule has 1 saturated heterocycles. The smallest absolute Gasteiger partial charge is 0.257 e.